The normalized spacial score (nSPS) is 35.8. The molecule has 13 heavy (non-hydrogen) atoms. The third-order valence-electron chi connectivity index (χ3n) is 3.05. The highest BCUT2D eigenvalue weighted by molar-refractivity contribution is 4.79. The number of ether oxygens (including phenoxy) is 2. The first-order valence-corrected chi connectivity index (χ1v) is 5.25. The standard InChI is InChI=1S/C10H19NO2/c1-12-9-4-5-11(7-9)8-10-3-2-6-13-10/h9-10H,2-8H2,1H3/t9-,10+/m0/s1. The molecule has 2 fully saturated rings. The Kier molecular flexibility index (Phi) is 3.19. The molecule has 0 radical (unpaired) electrons. The summed E-state index contributed by atoms with van der Waals surface area (Å²) in [6.45, 7) is 4.35. The number of likely N-dealkylation sites (tertiary alicyclic amines) is 1. The summed E-state index contributed by atoms with van der Waals surface area (Å²) < 4.78 is 10.9. The molecule has 0 aromatic heterocycles. The molecule has 76 valence electrons. The van der Waals surface area contributed by atoms with Crippen LogP contribution in [0.3, 0.4) is 0 Å². The Morgan fingerprint density at radius 1 is 1.46 bits per heavy atom. The minimum atomic E-state index is 0.460. The molecule has 0 unspecified atom stereocenters. The van der Waals surface area contributed by atoms with Gasteiger partial charge in [-0.05, 0) is 19.3 Å². The average Bonchev–Trinajstić information content (AvgIpc) is 2.76. The van der Waals surface area contributed by atoms with E-state index in [0.29, 0.717) is 12.2 Å². The lowest BCUT2D eigenvalue weighted by atomic mass is 10.2. The van der Waals surface area contributed by atoms with Crippen molar-refractivity contribution in [2.24, 2.45) is 0 Å². The van der Waals surface area contributed by atoms with Gasteiger partial charge in [-0.1, -0.05) is 0 Å². The molecule has 0 aromatic rings. The minimum absolute atomic E-state index is 0.460. The molecule has 0 N–H and O–H groups in total. The van der Waals surface area contributed by atoms with Gasteiger partial charge in [0.15, 0.2) is 0 Å². The molecule has 3 heteroatoms. The molecule has 2 heterocycles. The number of hydrogen-bond donors (Lipinski definition) is 0. The Bertz CT molecular complexity index is 157. The molecule has 2 saturated heterocycles. The van der Waals surface area contributed by atoms with E-state index in [1.54, 1.807) is 7.11 Å². The second-order valence-electron chi connectivity index (χ2n) is 4.04. The van der Waals surface area contributed by atoms with Crippen molar-refractivity contribution in [2.45, 2.75) is 31.5 Å². The first-order valence-electron chi connectivity index (χ1n) is 5.25. The van der Waals surface area contributed by atoms with E-state index in [4.69, 9.17) is 9.47 Å². The van der Waals surface area contributed by atoms with Crippen molar-refractivity contribution in [3.63, 3.8) is 0 Å². The lowest BCUT2D eigenvalue weighted by Gasteiger charge is -2.19. The predicted octanol–water partition coefficient (Wildman–Crippen LogP) is 0.886. The van der Waals surface area contributed by atoms with Crippen LogP contribution in [0.5, 0.6) is 0 Å². The van der Waals surface area contributed by atoms with Crippen LogP contribution in [0.15, 0.2) is 0 Å². The van der Waals surface area contributed by atoms with E-state index >= 15 is 0 Å². The maximum Gasteiger partial charge on any atom is 0.0710 e. The number of rotatable bonds is 3. The Labute approximate surface area is 80.0 Å². The van der Waals surface area contributed by atoms with Crippen LogP contribution in [0, 0.1) is 0 Å². The van der Waals surface area contributed by atoms with E-state index < -0.39 is 0 Å². The summed E-state index contributed by atoms with van der Waals surface area (Å²) in [7, 11) is 1.81. The fraction of sp³-hybridized carbons (Fsp3) is 1.00. The van der Waals surface area contributed by atoms with Crippen molar-refractivity contribution in [3.8, 4) is 0 Å². The molecule has 0 amide bonds. The third kappa shape index (κ3) is 2.42. The van der Waals surface area contributed by atoms with E-state index in [9.17, 15) is 0 Å². The monoisotopic (exact) mass is 185 g/mol. The summed E-state index contributed by atoms with van der Waals surface area (Å²) in [4.78, 5) is 2.46. The van der Waals surface area contributed by atoms with Gasteiger partial charge in [0.25, 0.3) is 0 Å². The molecule has 0 spiro atoms. The van der Waals surface area contributed by atoms with E-state index in [-0.39, 0.29) is 0 Å². The lowest BCUT2D eigenvalue weighted by Crippen LogP contribution is -2.31. The molecule has 2 aliphatic heterocycles. The highest BCUT2D eigenvalue weighted by atomic mass is 16.5. The zero-order valence-electron chi connectivity index (χ0n) is 8.37. The predicted molar refractivity (Wildman–Crippen MR) is 50.8 cm³/mol. The van der Waals surface area contributed by atoms with Gasteiger partial charge in [-0.3, -0.25) is 4.90 Å². The first-order chi connectivity index (χ1) is 6.38. The summed E-state index contributed by atoms with van der Waals surface area (Å²) in [6, 6.07) is 0. The van der Waals surface area contributed by atoms with Gasteiger partial charge in [0.05, 0.1) is 12.2 Å². The molecule has 0 aromatic carbocycles. The van der Waals surface area contributed by atoms with Gasteiger partial charge >= 0.3 is 0 Å². The Morgan fingerprint density at radius 2 is 2.38 bits per heavy atom. The van der Waals surface area contributed by atoms with Crippen LogP contribution in [0.4, 0.5) is 0 Å². The fourth-order valence-electron chi connectivity index (χ4n) is 2.23. The van der Waals surface area contributed by atoms with Crippen LogP contribution in [-0.4, -0.2) is 50.5 Å². The quantitative estimate of drug-likeness (QED) is 0.651. The van der Waals surface area contributed by atoms with Crippen LogP contribution >= 0.6 is 0 Å². The molecular weight excluding hydrogens is 166 g/mol. The van der Waals surface area contributed by atoms with Gasteiger partial charge in [0.2, 0.25) is 0 Å². The summed E-state index contributed by atoms with van der Waals surface area (Å²) in [5.41, 5.74) is 0. The molecule has 0 aliphatic carbocycles. The van der Waals surface area contributed by atoms with Crippen molar-refractivity contribution in [2.75, 3.05) is 33.4 Å². The molecule has 2 atom stereocenters. The SMILES string of the molecule is CO[C@H]1CCN(C[C@H]2CCCO2)C1. The summed E-state index contributed by atoms with van der Waals surface area (Å²) in [6.07, 6.45) is 4.63. The Morgan fingerprint density at radius 3 is 3.00 bits per heavy atom. The van der Waals surface area contributed by atoms with Gasteiger partial charge < -0.3 is 9.47 Å². The number of hydrogen-bond acceptors (Lipinski definition) is 3. The highest BCUT2D eigenvalue weighted by Crippen LogP contribution is 2.17. The number of methoxy groups -OCH3 is 1. The molecule has 2 rings (SSSR count). The van der Waals surface area contributed by atoms with Crippen molar-refractivity contribution in [1.82, 2.24) is 4.90 Å². The minimum Gasteiger partial charge on any atom is -0.380 e. The molecule has 0 saturated carbocycles. The first kappa shape index (κ1) is 9.44. The van der Waals surface area contributed by atoms with E-state index in [1.807, 2.05) is 0 Å². The van der Waals surface area contributed by atoms with E-state index in [0.717, 1.165) is 19.7 Å². The van der Waals surface area contributed by atoms with Crippen LogP contribution in [0.25, 0.3) is 0 Å². The smallest absolute Gasteiger partial charge is 0.0710 e. The Hall–Kier alpha value is -0.120. The summed E-state index contributed by atoms with van der Waals surface area (Å²) in [5, 5.41) is 0. The second kappa shape index (κ2) is 4.40. The summed E-state index contributed by atoms with van der Waals surface area (Å²) >= 11 is 0. The van der Waals surface area contributed by atoms with Crippen LogP contribution in [0.2, 0.25) is 0 Å². The van der Waals surface area contributed by atoms with Crippen molar-refractivity contribution in [1.29, 1.82) is 0 Å². The largest absolute Gasteiger partial charge is 0.380 e. The van der Waals surface area contributed by atoms with Crippen LogP contribution < -0.4 is 0 Å². The molecule has 0 bridgehead atoms. The maximum absolute atomic E-state index is 5.60. The van der Waals surface area contributed by atoms with Gasteiger partial charge in [0, 0.05) is 33.4 Å². The summed E-state index contributed by atoms with van der Waals surface area (Å²) in [5.74, 6) is 0. The van der Waals surface area contributed by atoms with Crippen LogP contribution in [0.1, 0.15) is 19.3 Å². The fourth-order valence-corrected chi connectivity index (χ4v) is 2.23. The molecular formula is C10H19NO2. The zero-order valence-corrected chi connectivity index (χ0v) is 8.37. The van der Waals surface area contributed by atoms with Crippen molar-refractivity contribution < 1.29 is 9.47 Å². The zero-order chi connectivity index (χ0) is 9.10. The van der Waals surface area contributed by atoms with Gasteiger partial charge in [0.1, 0.15) is 0 Å². The van der Waals surface area contributed by atoms with Gasteiger partial charge in [-0.15, -0.1) is 0 Å². The van der Waals surface area contributed by atoms with Crippen LogP contribution in [-0.2, 0) is 9.47 Å². The van der Waals surface area contributed by atoms with Gasteiger partial charge in [-0.25, -0.2) is 0 Å². The highest BCUT2D eigenvalue weighted by Gasteiger charge is 2.25. The second-order valence-corrected chi connectivity index (χ2v) is 4.04. The average molecular weight is 185 g/mol. The van der Waals surface area contributed by atoms with Gasteiger partial charge in [-0.2, -0.15) is 0 Å². The van der Waals surface area contributed by atoms with E-state index in [2.05, 4.69) is 4.90 Å². The third-order valence-corrected chi connectivity index (χ3v) is 3.05. The molecule has 2 aliphatic rings. The van der Waals surface area contributed by atoms with Crippen molar-refractivity contribution in [3.05, 3.63) is 0 Å². The topological polar surface area (TPSA) is 21.7 Å². The maximum atomic E-state index is 5.60. The Balaban J connectivity index is 1.70. The number of nitrogens with zero attached hydrogens (tertiary/aromatic N) is 1. The lowest BCUT2D eigenvalue weighted by molar-refractivity contribution is 0.0683. The van der Waals surface area contributed by atoms with Crippen molar-refractivity contribution >= 4 is 0 Å². The van der Waals surface area contributed by atoms with E-state index in [1.165, 1.54) is 25.8 Å². The molecule has 3 nitrogen and oxygen atoms in total.